The maximum absolute atomic E-state index is 12.9. The van der Waals surface area contributed by atoms with Gasteiger partial charge in [0.1, 0.15) is 22.7 Å². The van der Waals surface area contributed by atoms with E-state index >= 15 is 0 Å². The van der Waals surface area contributed by atoms with E-state index in [0.29, 0.717) is 54.1 Å². The van der Waals surface area contributed by atoms with Crippen molar-refractivity contribution in [2.45, 2.75) is 32.2 Å². The van der Waals surface area contributed by atoms with E-state index in [1.54, 1.807) is 42.7 Å². The Labute approximate surface area is 231 Å². The Morgan fingerprint density at radius 3 is 2.75 bits per heavy atom. The first-order chi connectivity index (χ1) is 19.5. The molecule has 2 fully saturated rings. The largest absolute Gasteiger partial charge is 0.456 e. The number of likely N-dealkylation sites (tertiary alicyclic amines) is 1. The van der Waals surface area contributed by atoms with Crippen LogP contribution in [0.3, 0.4) is 0 Å². The highest BCUT2D eigenvalue weighted by Crippen LogP contribution is 2.34. The number of aromatic nitrogens is 4. The molecule has 4 aromatic rings. The molecule has 11 heteroatoms. The van der Waals surface area contributed by atoms with Crippen molar-refractivity contribution in [2.75, 3.05) is 36.9 Å². The molecule has 0 spiro atoms. The lowest BCUT2D eigenvalue weighted by Crippen LogP contribution is -2.47. The molecular formula is C29H31N7O4. The zero-order valence-corrected chi connectivity index (χ0v) is 22.2. The van der Waals surface area contributed by atoms with E-state index < -0.39 is 0 Å². The molecule has 3 aromatic heterocycles. The highest BCUT2D eigenvalue weighted by atomic mass is 16.5. The number of carbonyl (C=O) groups excluding carboxylic acids is 2. The number of rotatable bonds is 7. The summed E-state index contributed by atoms with van der Waals surface area (Å²) in [6, 6.07) is 12.4. The molecule has 2 aliphatic rings. The van der Waals surface area contributed by atoms with Crippen LogP contribution in [-0.2, 0) is 9.53 Å². The third kappa shape index (κ3) is 5.59. The standard InChI is InChI=1S/C29H31N7O4/c1-18-8-11-30-24(15-18)33-28(37)19-4-6-22(7-5-19)40-23-9-12-31-26-25(23)27(35-34-26)32-21-3-2-13-36(16-21)29(38)20-10-14-39-17-20/h4-9,11-12,15,20-21H,2-3,10,13-14,16-17H2,1H3,(H,30,33,37)(H2,31,32,34,35). The second-order valence-electron chi connectivity index (χ2n) is 10.2. The molecule has 0 saturated carbocycles. The van der Waals surface area contributed by atoms with Crippen molar-refractivity contribution < 1.29 is 19.1 Å². The number of ether oxygens (including phenoxy) is 2. The summed E-state index contributed by atoms with van der Waals surface area (Å²) >= 11 is 0. The topological polar surface area (TPSA) is 134 Å². The van der Waals surface area contributed by atoms with E-state index in [0.717, 1.165) is 36.8 Å². The molecule has 0 radical (unpaired) electrons. The second-order valence-corrected chi connectivity index (χ2v) is 10.2. The third-order valence-corrected chi connectivity index (χ3v) is 7.28. The quantitative estimate of drug-likeness (QED) is 0.318. The molecule has 3 N–H and O–H groups in total. The Morgan fingerprint density at radius 1 is 1.10 bits per heavy atom. The van der Waals surface area contributed by atoms with E-state index in [9.17, 15) is 9.59 Å². The van der Waals surface area contributed by atoms with Gasteiger partial charge in [-0.2, -0.15) is 5.10 Å². The van der Waals surface area contributed by atoms with Crippen molar-refractivity contribution in [2.24, 2.45) is 5.92 Å². The van der Waals surface area contributed by atoms with Crippen LogP contribution in [0.4, 0.5) is 11.6 Å². The van der Waals surface area contributed by atoms with Crippen LogP contribution in [-0.4, -0.2) is 69.2 Å². The molecular weight excluding hydrogens is 510 g/mol. The summed E-state index contributed by atoms with van der Waals surface area (Å²) < 4.78 is 11.6. The molecule has 2 amide bonds. The molecule has 40 heavy (non-hydrogen) atoms. The molecule has 0 bridgehead atoms. The first-order valence-corrected chi connectivity index (χ1v) is 13.5. The van der Waals surface area contributed by atoms with Gasteiger partial charge in [0.15, 0.2) is 11.5 Å². The summed E-state index contributed by atoms with van der Waals surface area (Å²) in [6.07, 6.45) is 5.95. The number of benzene rings is 1. The Balaban J connectivity index is 1.14. The predicted octanol–water partition coefficient (Wildman–Crippen LogP) is 4.15. The van der Waals surface area contributed by atoms with Crippen molar-refractivity contribution in [1.82, 2.24) is 25.1 Å². The maximum atomic E-state index is 12.9. The summed E-state index contributed by atoms with van der Waals surface area (Å²) in [5, 5.41) is 14.5. The number of nitrogens with one attached hydrogen (secondary N) is 3. The normalized spacial score (nSPS) is 19.0. The summed E-state index contributed by atoms with van der Waals surface area (Å²) in [5.41, 5.74) is 2.09. The molecule has 2 atom stereocenters. The monoisotopic (exact) mass is 541 g/mol. The number of piperidine rings is 1. The molecule has 0 aliphatic carbocycles. The van der Waals surface area contributed by atoms with Crippen LogP contribution in [0, 0.1) is 12.8 Å². The zero-order chi connectivity index (χ0) is 27.5. The van der Waals surface area contributed by atoms with Gasteiger partial charge in [0.25, 0.3) is 5.91 Å². The third-order valence-electron chi connectivity index (χ3n) is 7.28. The van der Waals surface area contributed by atoms with Crippen LogP contribution < -0.4 is 15.4 Å². The Morgan fingerprint density at radius 2 is 1.95 bits per heavy atom. The Bertz CT molecular complexity index is 1510. The van der Waals surface area contributed by atoms with Gasteiger partial charge in [0.2, 0.25) is 5.91 Å². The lowest BCUT2D eigenvalue weighted by Gasteiger charge is -2.34. The highest BCUT2D eigenvalue weighted by molar-refractivity contribution is 6.03. The SMILES string of the molecule is Cc1ccnc(NC(=O)c2ccc(Oc3ccnc4[nH]nc(NC5CCCN(C(=O)C6CCOC6)C5)c34)cc2)c1. The number of hydrogen-bond acceptors (Lipinski definition) is 8. The van der Waals surface area contributed by atoms with Gasteiger partial charge in [0.05, 0.1) is 12.5 Å². The lowest BCUT2D eigenvalue weighted by atomic mass is 10.0. The van der Waals surface area contributed by atoms with Crippen LogP contribution in [0.2, 0.25) is 0 Å². The molecule has 2 aliphatic heterocycles. The van der Waals surface area contributed by atoms with Crippen LogP contribution in [0.25, 0.3) is 11.0 Å². The summed E-state index contributed by atoms with van der Waals surface area (Å²) in [5.74, 6) is 2.16. The summed E-state index contributed by atoms with van der Waals surface area (Å²) in [4.78, 5) is 36.1. The van der Waals surface area contributed by atoms with Gasteiger partial charge < -0.3 is 25.0 Å². The molecule has 2 saturated heterocycles. The molecule has 1 aromatic carbocycles. The van der Waals surface area contributed by atoms with E-state index in [4.69, 9.17) is 9.47 Å². The van der Waals surface area contributed by atoms with Gasteiger partial charge in [-0.15, -0.1) is 0 Å². The van der Waals surface area contributed by atoms with Crippen molar-refractivity contribution >= 4 is 34.5 Å². The lowest BCUT2D eigenvalue weighted by molar-refractivity contribution is -0.136. The van der Waals surface area contributed by atoms with Crippen molar-refractivity contribution in [3.8, 4) is 11.5 Å². The second kappa shape index (κ2) is 11.3. The smallest absolute Gasteiger partial charge is 0.256 e. The van der Waals surface area contributed by atoms with Gasteiger partial charge in [-0.05, 0) is 68.1 Å². The number of H-pyrrole nitrogens is 1. The van der Waals surface area contributed by atoms with E-state index in [2.05, 4.69) is 30.8 Å². The number of hydrogen-bond donors (Lipinski definition) is 3. The molecule has 11 nitrogen and oxygen atoms in total. The number of anilines is 2. The fourth-order valence-electron chi connectivity index (χ4n) is 5.18. The van der Waals surface area contributed by atoms with Gasteiger partial charge >= 0.3 is 0 Å². The minimum Gasteiger partial charge on any atom is -0.456 e. The average Bonchev–Trinajstić information content (AvgIpc) is 3.65. The number of aryl methyl sites for hydroxylation is 1. The Hall–Kier alpha value is -4.51. The zero-order valence-electron chi connectivity index (χ0n) is 22.2. The number of aromatic amines is 1. The fraction of sp³-hybridized carbons (Fsp3) is 0.345. The van der Waals surface area contributed by atoms with Gasteiger partial charge in [-0.3, -0.25) is 14.7 Å². The van der Waals surface area contributed by atoms with Crippen LogP contribution in [0.5, 0.6) is 11.5 Å². The minimum absolute atomic E-state index is 0.0363. The number of carbonyl (C=O) groups is 2. The fourth-order valence-corrected chi connectivity index (χ4v) is 5.18. The van der Waals surface area contributed by atoms with E-state index in [1.165, 1.54) is 0 Å². The molecule has 2 unspecified atom stereocenters. The first-order valence-electron chi connectivity index (χ1n) is 13.5. The summed E-state index contributed by atoms with van der Waals surface area (Å²) in [6.45, 7) is 4.49. The number of pyridine rings is 2. The average molecular weight is 542 g/mol. The van der Waals surface area contributed by atoms with Crippen molar-refractivity contribution in [1.29, 1.82) is 0 Å². The van der Waals surface area contributed by atoms with Gasteiger partial charge in [-0.25, -0.2) is 9.97 Å². The minimum atomic E-state index is -0.252. The van der Waals surface area contributed by atoms with E-state index in [1.807, 2.05) is 24.0 Å². The van der Waals surface area contributed by atoms with Gasteiger partial charge in [-0.1, -0.05) is 0 Å². The van der Waals surface area contributed by atoms with Crippen LogP contribution in [0.1, 0.15) is 35.2 Å². The van der Waals surface area contributed by atoms with Crippen molar-refractivity contribution in [3.63, 3.8) is 0 Å². The number of nitrogens with zero attached hydrogens (tertiary/aromatic N) is 4. The van der Waals surface area contributed by atoms with Crippen molar-refractivity contribution in [3.05, 3.63) is 66.0 Å². The highest BCUT2D eigenvalue weighted by Gasteiger charge is 2.31. The molecule has 6 rings (SSSR count). The molecule has 5 heterocycles. The maximum Gasteiger partial charge on any atom is 0.256 e. The van der Waals surface area contributed by atoms with Gasteiger partial charge in [0, 0.05) is 49.8 Å². The van der Waals surface area contributed by atoms with Crippen LogP contribution >= 0.6 is 0 Å². The Kier molecular flexibility index (Phi) is 7.28. The number of amides is 2. The van der Waals surface area contributed by atoms with Crippen LogP contribution in [0.15, 0.2) is 54.9 Å². The summed E-state index contributed by atoms with van der Waals surface area (Å²) in [7, 11) is 0. The number of fused-ring (bicyclic) bond motifs is 1. The van der Waals surface area contributed by atoms with E-state index in [-0.39, 0.29) is 23.8 Å². The molecule has 206 valence electrons. The first kappa shape index (κ1) is 25.8. The predicted molar refractivity (Wildman–Crippen MR) is 149 cm³/mol.